The average Bonchev–Trinajstić information content (AvgIpc) is 2.48. The molecule has 2 nitrogen and oxygen atoms in total. The summed E-state index contributed by atoms with van der Waals surface area (Å²) in [6.07, 6.45) is 7.57. The lowest BCUT2D eigenvalue weighted by Crippen LogP contribution is -2.30. The van der Waals surface area contributed by atoms with E-state index in [0.717, 1.165) is 17.5 Å². The van der Waals surface area contributed by atoms with Gasteiger partial charge in [-0.15, -0.1) is 0 Å². The molecule has 0 amide bonds. The zero-order valence-electron chi connectivity index (χ0n) is 10.2. The van der Waals surface area contributed by atoms with Crippen LogP contribution in [0.15, 0.2) is 12.3 Å². The quantitative estimate of drug-likeness (QED) is 0.835. The minimum absolute atomic E-state index is 0.610. The van der Waals surface area contributed by atoms with Crippen LogP contribution < -0.4 is 5.32 Å². The van der Waals surface area contributed by atoms with Crippen molar-refractivity contribution in [3.05, 3.63) is 23.0 Å². The highest BCUT2D eigenvalue weighted by atomic mass is 35.5. The second-order valence-electron chi connectivity index (χ2n) is 5.08. The summed E-state index contributed by atoms with van der Waals surface area (Å²) in [6, 6.07) is 2.64. The molecular formula is C13H21ClN2. The molecule has 1 aliphatic carbocycles. The highest BCUT2D eigenvalue weighted by Gasteiger charge is 2.19. The Hall–Kier alpha value is -0.470. The minimum Gasteiger partial charge on any atom is -0.352 e. The zero-order valence-corrected chi connectivity index (χ0v) is 10.9. The lowest BCUT2D eigenvalue weighted by Gasteiger charge is -2.28. The van der Waals surface area contributed by atoms with Crippen molar-refractivity contribution >= 4 is 11.6 Å². The van der Waals surface area contributed by atoms with Gasteiger partial charge in [-0.3, -0.25) is 0 Å². The van der Waals surface area contributed by atoms with Crippen molar-refractivity contribution in [2.75, 3.05) is 0 Å². The Morgan fingerprint density at radius 1 is 1.56 bits per heavy atom. The van der Waals surface area contributed by atoms with Crippen LogP contribution in [-0.2, 0) is 13.6 Å². The lowest BCUT2D eigenvalue weighted by molar-refractivity contribution is 0.265. The van der Waals surface area contributed by atoms with E-state index in [1.165, 1.54) is 31.4 Å². The van der Waals surface area contributed by atoms with Crippen molar-refractivity contribution in [3.63, 3.8) is 0 Å². The maximum Gasteiger partial charge on any atom is 0.0585 e. The van der Waals surface area contributed by atoms with E-state index in [9.17, 15) is 0 Å². The Labute approximate surface area is 103 Å². The first kappa shape index (κ1) is 12.0. The molecule has 1 unspecified atom stereocenters. The van der Waals surface area contributed by atoms with Crippen LogP contribution in [0.1, 0.15) is 38.3 Å². The van der Waals surface area contributed by atoms with E-state index >= 15 is 0 Å². The van der Waals surface area contributed by atoms with Gasteiger partial charge < -0.3 is 9.88 Å². The summed E-state index contributed by atoms with van der Waals surface area (Å²) in [5.74, 6) is 0.972. The number of aromatic nitrogens is 1. The number of hydrogen-bond acceptors (Lipinski definition) is 1. The van der Waals surface area contributed by atoms with Gasteiger partial charge in [0.2, 0.25) is 0 Å². The van der Waals surface area contributed by atoms with Gasteiger partial charge in [-0.25, -0.2) is 0 Å². The molecule has 1 fully saturated rings. The molecule has 0 bridgehead atoms. The summed E-state index contributed by atoms with van der Waals surface area (Å²) in [4.78, 5) is 0. The zero-order chi connectivity index (χ0) is 11.5. The Morgan fingerprint density at radius 3 is 2.81 bits per heavy atom. The molecule has 0 saturated heterocycles. The van der Waals surface area contributed by atoms with E-state index in [0.29, 0.717) is 6.04 Å². The molecule has 1 aliphatic rings. The summed E-state index contributed by atoms with van der Waals surface area (Å²) in [6.45, 7) is 3.19. The molecule has 0 radical (unpaired) electrons. The number of aryl methyl sites for hydroxylation is 1. The maximum atomic E-state index is 5.95. The van der Waals surface area contributed by atoms with Gasteiger partial charge >= 0.3 is 0 Å². The van der Waals surface area contributed by atoms with E-state index in [2.05, 4.69) is 16.8 Å². The van der Waals surface area contributed by atoms with Gasteiger partial charge in [0.25, 0.3) is 0 Å². The van der Waals surface area contributed by atoms with Gasteiger partial charge in [0, 0.05) is 31.5 Å². The highest BCUT2D eigenvalue weighted by molar-refractivity contribution is 6.30. The van der Waals surface area contributed by atoms with Gasteiger partial charge in [-0.05, 0) is 25.3 Å². The Morgan fingerprint density at radius 2 is 2.31 bits per heavy atom. The molecule has 0 aliphatic heterocycles. The third-order valence-electron chi connectivity index (χ3n) is 3.62. The third kappa shape index (κ3) is 3.02. The summed E-state index contributed by atoms with van der Waals surface area (Å²) in [5.41, 5.74) is 1.26. The van der Waals surface area contributed by atoms with Crippen molar-refractivity contribution in [1.29, 1.82) is 0 Å². The molecule has 1 heterocycles. The molecule has 16 heavy (non-hydrogen) atoms. The first-order chi connectivity index (χ1) is 7.65. The molecule has 2 rings (SSSR count). The summed E-state index contributed by atoms with van der Waals surface area (Å²) in [7, 11) is 2.04. The fraction of sp³-hybridized carbons (Fsp3) is 0.692. The molecule has 1 saturated carbocycles. The molecule has 1 atom stereocenters. The van der Waals surface area contributed by atoms with Crippen molar-refractivity contribution in [2.45, 2.75) is 45.2 Å². The molecule has 1 aromatic rings. The van der Waals surface area contributed by atoms with Crippen molar-refractivity contribution < 1.29 is 0 Å². The smallest absolute Gasteiger partial charge is 0.0585 e. The molecule has 3 heteroatoms. The van der Waals surface area contributed by atoms with Gasteiger partial charge in [-0.2, -0.15) is 0 Å². The summed E-state index contributed by atoms with van der Waals surface area (Å²) in [5, 5.41) is 4.40. The Bertz CT molecular complexity index is 342. The number of rotatable bonds is 5. The van der Waals surface area contributed by atoms with Gasteiger partial charge in [0.1, 0.15) is 0 Å². The first-order valence-electron chi connectivity index (χ1n) is 6.19. The second-order valence-corrected chi connectivity index (χ2v) is 5.51. The average molecular weight is 241 g/mol. The second kappa shape index (κ2) is 5.24. The fourth-order valence-corrected chi connectivity index (χ4v) is 2.60. The molecule has 1 N–H and O–H groups in total. The number of nitrogens with one attached hydrogen (secondary N) is 1. The topological polar surface area (TPSA) is 17.0 Å². The standard InChI is InChI=1S/C13H21ClN2/c1-10(6-11-4-3-5-11)15-8-13-7-12(14)9-16(13)2/h7,9-11,15H,3-6,8H2,1-2H3. The van der Waals surface area contributed by atoms with Crippen LogP contribution in [0.25, 0.3) is 0 Å². The predicted octanol–water partition coefficient (Wildman–Crippen LogP) is 3.35. The van der Waals surface area contributed by atoms with Crippen LogP contribution >= 0.6 is 11.6 Å². The van der Waals surface area contributed by atoms with Crippen LogP contribution in [0.2, 0.25) is 5.02 Å². The number of nitrogens with zero attached hydrogens (tertiary/aromatic N) is 1. The fourth-order valence-electron chi connectivity index (χ4n) is 2.33. The van der Waals surface area contributed by atoms with Gasteiger partial charge in [0.15, 0.2) is 0 Å². The van der Waals surface area contributed by atoms with E-state index in [-0.39, 0.29) is 0 Å². The van der Waals surface area contributed by atoms with Crippen LogP contribution in [0.5, 0.6) is 0 Å². The van der Waals surface area contributed by atoms with E-state index in [1.54, 1.807) is 0 Å². The van der Waals surface area contributed by atoms with Crippen molar-refractivity contribution in [1.82, 2.24) is 9.88 Å². The molecule has 1 aromatic heterocycles. The Kier molecular flexibility index (Phi) is 3.93. The molecular weight excluding hydrogens is 220 g/mol. The number of halogens is 1. The van der Waals surface area contributed by atoms with E-state index in [4.69, 9.17) is 11.6 Å². The SMILES string of the molecule is CC(CC1CCC1)NCc1cc(Cl)cn1C. The maximum absolute atomic E-state index is 5.95. The number of hydrogen-bond donors (Lipinski definition) is 1. The van der Waals surface area contributed by atoms with Crippen LogP contribution in [0, 0.1) is 5.92 Å². The molecule has 0 spiro atoms. The molecule has 90 valence electrons. The normalized spacial score (nSPS) is 18.4. The largest absolute Gasteiger partial charge is 0.352 e. The van der Waals surface area contributed by atoms with Crippen LogP contribution in [0.4, 0.5) is 0 Å². The van der Waals surface area contributed by atoms with E-state index in [1.807, 2.05) is 19.3 Å². The highest BCUT2D eigenvalue weighted by Crippen LogP contribution is 2.30. The third-order valence-corrected chi connectivity index (χ3v) is 3.82. The van der Waals surface area contributed by atoms with Crippen molar-refractivity contribution in [3.8, 4) is 0 Å². The van der Waals surface area contributed by atoms with E-state index < -0.39 is 0 Å². The molecule has 0 aromatic carbocycles. The summed E-state index contributed by atoms with van der Waals surface area (Å²) < 4.78 is 2.09. The van der Waals surface area contributed by atoms with Gasteiger partial charge in [-0.1, -0.05) is 30.9 Å². The van der Waals surface area contributed by atoms with Gasteiger partial charge in [0.05, 0.1) is 5.02 Å². The monoisotopic (exact) mass is 240 g/mol. The lowest BCUT2D eigenvalue weighted by atomic mass is 9.81. The summed E-state index contributed by atoms with van der Waals surface area (Å²) >= 11 is 5.95. The van der Waals surface area contributed by atoms with Crippen molar-refractivity contribution in [2.24, 2.45) is 13.0 Å². The predicted molar refractivity (Wildman–Crippen MR) is 68.7 cm³/mol. The Balaban J connectivity index is 1.75. The van der Waals surface area contributed by atoms with Crippen LogP contribution in [-0.4, -0.2) is 10.6 Å². The first-order valence-corrected chi connectivity index (χ1v) is 6.57. The van der Waals surface area contributed by atoms with Crippen LogP contribution in [0.3, 0.4) is 0 Å². The minimum atomic E-state index is 0.610.